The zero-order valence-corrected chi connectivity index (χ0v) is 17.0. The summed E-state index contributed by atoms with van der Waals surface area (Å²) < 4.78 is 7.04. The highest BCUT2D eigenvalue weighted by Gasteiger charge is 2.19. The van der Waals surface area contributed by atoms with Gasteiger partial charge in [0.25, 0.3) is 11.6 Å². The first-order valence-electron chi connectivity index (χ1n) is 8.93. The van der Waals surface area contributed by atoms with Crippen molar-refractivity contribution >= 4 is 34.9 Å². The molecular weight excluding hydrogens is 410 g/mol. The van der Waals surface area contributed by atoms with Gasteiger partial charge in [0.2, 0.25) is 0 Å². The van der Waals surface area contributed by atoms with Crippen LogP contribution in [0.4, 0.5) is 11.4 Å². The number of amides is 1. The number of carbonyl (C=O) groups excluding carboxylic acids is 2. The van der Waals surface area contributed by atoms with Gasteiger partial charge in [0.1, 0.15) is 0 Å². The Labute approximate surface area is 177 Å². The maximum atomic E-state index is 12.5. The molecule has 0 aliphatic carbocycles. The van der Waals surface area contributed by atoms with Gasteiger partial charge in [0.15, 0.2) is 6.61 Å². The normalized spacial score (nSPS) is 10.5. The fraction of sp³-hybridized carbons (Fsp3) is 0.143. The second kappa shape index (κ2) is 8.79. The van der Waals surface area contributed by atoms with Gasteiger partial charge in [-0.25, -0.2) is 4.79 Å². The summed E-state index contributed by atoms with van der Waals surface area (Å²) in [5.74, 6) is -1.31. The molecule has 0 unspecified atom stereocenters. The number of carbonyl (C=O) groups is 2. The minimum Gasteiger partial charge on any atom is -0.452 e. The number of aryl methyl sites for hydroxylation is 1. The summed E-state index contributed by atoms with van der Waals surface area (Å²) in [7, 11) is 0. The number of ether oxygens (including phenoxy) is 1. The first-order valence-corrected chi connectivity index (χ1v) is 9.31. The first kappa shape index (κ1) is 21.1. The molecular formula is C21H18ClN3O5. The van der Waals surface area contributed by atoms with Crippen LogP contribution in [0.5, 0.6) is 0 Å². The van der Waals surface area contributed by atoms with Crippen LogP contribution in [0.3, 0.4) is 0 Å². The number of benzene rings is 2. The van der Waals surface area contributed by atoms with Crippen molar-refractivity contribution in [1.82, 2.24) is 4.57 Å². The number of anilines is 1. The van der Waals surface area contributed by atoms with Gasteiger partial charge in [0.05, 0.1) is 21.2 Å². The maximum absolute atomic E-state index is 12.5. The van der Waals surface area contributed by atoms with E-state index in [4.69, 9.17) is 16.3 Å². The minimum absolute atomic E-state index is 0.0640. The van der Waals surface area contributed by atoms with E-state index in [1.54, 1.807) is 13.0 Å². The number of non-ortho nitro benzene ring substituents is 1. The smallest absolute Gasteiger partial charge is 0.340 e. The maximum Gasteiger partial charge on any atom is 0.340 e. The third-order valence-corrected chi connectivity index (χ3v) is 4.76. The lowest BCUT2D eigenvalue weighted by molar-refractivity contribution is -0.384. The number of nitrogens with zero attached hydrogens (tertiary/aromatic N) is 2. The zero-order valence-electron chi connectivity index (χ0n) is 16.2. The molecule has 0 aliphatic rings. The summed E-state index contributed by atoms with van der Waals surface area (Å²) in [5, 5.41) is 13.4. The SMILES string of the molecule is Cc1cc(C(=O)OCC(=O)Nc2cc([N+](=O)[O-])ccc2Cl)c(C)n1-c1ccccc1. The standard InChI is InChI=1S/C21H18ClN3O5/c1-13-10-17(14(2)24(13)15-6-4-3-5-7-15)21(27)30-12-20(26)23-19-11-16(25(28)29)8-9-18(19)22/h3-11H,12H2,1-2H3,(H,23,26). The van der Waals surface area contributed by atoms with Gasteiger partial charge >= 0.3 is 5.97 Å². The van der Waals surface area contributed by atoms with E-state index in [-0.39, 0.29) is 16.4 Å². The van der Waals surface area contributed by atoms with Crippen LogP contribution in [0.25, 0.3) is 5.69 Å². The molecule has 1 N–H and O–H groups in total. The molecule has 1 amide bonds. The van der Waals surface area contributed by atoms with E-state index in [2.05, 4.69) is 5.32 Å². The summed E-state index contributed by atoms with van der Waals surface area (Å²) in [6, 6.07) is 14.9. The molecule has 1 heterocycles. The third-order valence-electron chi connectivity index (χ3n) is 4.43. The molecule has 8 nitrogen and oxygen atoms in total. The Morgan fingerprint density at radius 1 is 1.13 bits per heavy atom. The number of para-hydroxylation sites is 1. The topological polar surface area (TPSA) is 103 Å². The Balaban J connectivity index is 1.69. The molecule has 0 saturated carbocycles. The van der Waals surface area contributed by atoms with Gasteiger partial charge in [-0.05, 0) is 38.1 Å². The van der Waals surface area contributed by atoms with Crippen LogP contribution in [0, 0.1) is 24.0 Å². The van der Waals surface area contributed by atoms with E-state index in [1.807, 2.05) is 41.8 Å². The Bertz CT molecular complexity index is 1130. The first-order chi connectivity index (χ1) is 14.3. The fourth-order valence-electron chi connectivity index (χ4n) is 3.06. The summed E-state index contributed by atoms with van der Waals surface area (Å²) in [6.07, 6.45) is 0. The number of nitro groups is 1. The van der Waals surface area contributed by atoms with E-state index in [9.17, 15) is 19.7 Å². The van der Waals surface area contributed by atoms with Crippen LogP contribution in [0.1, 0.15) is 21.7 Å². The summed E-state index contributed by atoms with van der Waals surface area (Å²) in [6.45, 7) is 3.10. The number of nitro benzene ring substituents is 1. The molecule has 0 aliphatic heterocycles. The van der Waals surface area contributed by atoms with Crippen LogP contribution in [-0.2, 0) is 9.53 Å². The fourth-order valence-corrected chi connectivity index (χ4v) is 3.23. The van der Waals surface area contributed by atoms with Crippen LogP contribution >= 0.6 is 11.6 Å². The average molecular weight is 428 g/mol. The van der Waals surface area contributed by atoms with Gasteiger partial charge in [-0.3, -0.25) is 14.9 Å². The summed E-state index contributed by atoms with van der Waals surface area (Å²) in [4.78, 5) is 34.9. The van der Waals surface area contributed by atoms with Crippen molar-refractivity contribution in [2.24, 2.45) is 0 Å². The molecule has 0 saturated heterocycles. The van der Waals surface area contributed by atoms with Crippen LogP contribution in [0.2, 0.25) is 5.02 Å². The van der Waals surface area contributed by atoms with Crippen molar-refractivity contribution < 1.29 is 19.2 Å². The van der Waals surface area contributed by atoms with Crippen molar-refractivity contribution in [2.45, 2.75) is 13.8 Å². The van der Waals surface area contributed by atoms with Gasteiger partial charge in [-0.1, -0.05) is 29.8 Å². The number of rotatable bonds is 6. The van der Waals surface area contributed by atoms with E-state index < -0.39 is 23.4 Å². The number of aromatic nitrogens is 1. The highest BCUT2D eigenvalue weighted by molar-refractivity contribution is 6.33. The lowest BCUT2D eigenvalue weighted by Crippen LogP contribution is -2.21. The number of hydrogen-bond donors (Lipinski definition) is 1. The molecule has 0 bridgehead atoms. The largest absolute Gasteiger partial charge is 0.452 e. The molecule has 0 atom stereocenters. The Morgan fingerprint density at radius 3 is 2.50 bits per heavy atom. The molecule has 3 aromatic rings. The van der Waals surface area contributed by atoms with E-state index in [0.29, 0.717) is 11.3 Å². The Morgan fingerprint density at radius 2 is 1.83 bits per heavy atom. The Kier molecular flexibility index (Phi) is 6.17. The van der Waals surface area contributed by atoms with Crippen molar-refractivity contribution in [1.29, 1.82) is 0 Å². The van der Waals surface area contributed by atoms with Crippen molar-refractivity contribution in [2.75, 3.05) is 11.9 Å². The number of halogens is 1. The second-order valence-electron chi connectivity index (χ2n) is 6.50. The highest BCUT2D eigenvalue weighted by atomic mass is 35.5. The number of hydrogen-bond acceptors (Lipinski definition) is 5. The molecule has 9 heteroatoms. The van der Waals surface area contributed by atoms with Gasteiger partial charge in [-0.15, -0.1) is 0 Å². The second-order valence-corrected chi connectivity index (χ2v) is 6.91. The molecule has 30 heavy (non-hydrogen) atoms. The van der Waals surface area contributed by atoms with E-state index in [1.165, 1.54) is 12.1 Å². The quantitative estimate of drug-likeness (QED) is 0.355. The zero-order chi connectivity index (χ0) is 21.8. The van der Waals surface area contributed by atoms with Crippen LogP contribution in [0.15, 0.2) is 54.6 Å². The van der Waals surface area contributed by atoms with Gasteiger partial charge in [0, 0.05) is 29.2 Å². The highest BCUT2D eigenvalue weighted by Crippen LogP contribution is 2.26. The van der Waals surface area contributed by atoms with E-state index >= 15 is 0 Å². The third kappa shape index (κ3) is 4.49. The Hall–Kier alpha value is -3.65. The predicted octanol–water partition coefficient (Wildman–Crippen LogP) is 4.45. The van der Waals surface area contributed by atoms with Crippen molar-refractivity contribution in [3.63, 3.8) is 0 Å². The lowest BCUT2D eigenvalue weighted by Gasteiger charge is -2.10. The minimum atomic E-state index is -0.664. The molecule has 0 radical (unpaired) electrons. The van der Waals surface area contributed by atoms with Crippen molar-refractivity contribution in [3.8, 4) is 5.69 Å². The lowest BCUT2D eigenvalue weighted by atomic mass is 10.2. The molecule has 0 spiro atoms. The summed E-state index contributed by atoms with van der Waals surface area (Å²) in [5.41, 5.74) is 2.63. The number of esters is 1. The number of nitrogens with one attached hydrogen (secondary N) is 1. The van der Waals surface area contributed by atoms with Crippen molar-refractivity contribution in [3.05, 3.63) is 86.7 Å². The van der Waals surface area contributed by atoms with Gasteiger partial charge in [-0.2, -0.15) is 0 Å². The molecule has 0 fully saturated rings. The van der Waals surface area contributed by atoms with Crippen LogP contribution < -0.4 is 5.32 Å². The molecule has 154 valence electrons. The van der Waals surface area contributed by atoms with Gasteiger partial charge < -0.3 is 14.6 Å². The van der Waals surface area contributed by atoms with E-state index in [0.717, 1.165) is 17.4 Å². The van der Waals surface area contributed by atoms with Crippen LogP contribution in [-0.4, -0.2) is 28.0 Å². The average Bonchev–Trinajstić information content (AvgIpc) is 3.02. The molecule has 1 aromatic heterocycles. The monoisotopic (exact) mass is 427 g/mol. The molecule has 2 aromatic carbocycles. The predicted molar refractivity (Wildman–Crippen MR) is 112 cm³/mol. The summed E-state index contributed by atoms with van der Waals surface area (Å²) >= 11 is 5.95. The molecule has 3 rings (SSSR count).